The van der Waals surface area contributed by atoms with Gasteiger partial charge < -0.3 is 17.9 Å². The number of rotatable bonds is 0. The third-order valence-corrected chi connectivity index (χ3v) is 0. The standard InChI is InChI=1S/Li.Mo.3O.H/q+1;;3*-2;-1. The molecule has 32 valence electrons. The predicted octanol–water partition coefficient (Wildman–Crippen LogP) is -3.24. The molecule has 0 aliphatic rings. The Morgan fingerprint density at radius 3 is 0.800 bits per heavy atom. The van der Waals surface area contributed by atoms with Crippen LogP contribution in [0.25, 0.3) is 0 Å². The second-order valence-electron chi connectivity index (χ2n) is 0. The Labute approximate surface area is 58.0 Å². The number of hydrogen-bond acceptors (Lipinski definition) is 0. The minimum atomic E-state index is 0. The Balaban J connectivity index is 0. The molecule has 0 amide bonds. The summed E-state index contributed by atoms with van der Waals surface area (Å²) in [6.45, 7) is 0. The normalized spacial score (nSPS) is 0. The van der Waals surface area contributed by atoms with Crippen molar-refractivity contribution in [3.8, 4) is 0 Å². The average molecular weight is 152 g/mol. The summed E-state index contributed by atoms with van der Waals surface area (Å²) in [7, 11) is 0. The Morgan fingerprint density at radius 2 is 0.800 bits per heavy atom. The summed E-state index contributed by atoms with van der Waals surface area (Å²) in [5.41, 5.74) is 0. The molecule has 0 aromatic carbocycles. The molecule has 0 fully saturated rings. The van der Waals surface area contributed by atoms with Gasteiger partial charge in [0.1, 0.15) is 0 Å². The monoisotopic (exact) mass is 154 g/mol. The van der Waals surface area contributed by atoms with Crippen LogP contribution in [-0.4, -0.2) is 0 Å². The van der Waals surface area contributed by atoms with E-state index in [1.165, 1.54) is 0 Å². The molecule has 0 bridgehead atoms. The van der Waals surface area contributed by atoms with Crippen molar-refractivity contribution in [2.24, 2.45) is 0 Å². The molecular weight excluding hydrogens is 151 g/mol. The van der Waals surface area contributed by atoms with Gasteiger partial charge in [0.15, 0.2) is 0 Å². The molecule has 5 heteroatoms. The van der Waals surface area contributed by atoms with E-state index in [-0.39, 0.29) is 57.8 Å². The maximum atomic E-state index is 0. The van der Waals surface area contributed by atoms with E-state index < -0.39 is 0 Å². The fraction of sp³-hybridized carbons (Fsp3) is 0. The third-order valence-electron chi connectivity index (χ3n) is 0. The molecule has 0 unspecified atom stereocenters. The van der Waals surface area contributed by atoms with E-state index in [1.807, 2.05) is 0 Å². The van der Waals surface area contributed by atoms with Crippen LogP contribution in [0.3, 0.4) is 0 Å². The average Bonchev–Trinajstić information content (AvgIpc) is 0. The molecule has 0 heterocycles. The van der Waals surface area contributed by atoms with Gasteiger partial charge in [0.25, 0.3) is 0 Å². The molecular formula is HLiMoO3-6. The quantitative estimate of drug-likeness (QED) is 0.326. The van der Waals surface area contributed by atoms with Crippen LogP contribution in [0.4, 0.5) is 0 Å². The maximum absolute atomic E-state index is 0. The van der Waals surface area contributed by atoms with Crippen molar-refractivity contribution in [2.45, 2.75) is 0 Å². The van der Waals surface area contributed by atoms with E-state index in [0.29, 0.717) is 0 Å². The largest absolute Gasteiger partial charge is 2.00 e. The minimum absolute atomic E-state index is 0. The van der Waals surface area contributed by atoms with Crippen LogP contribution < -0.4 is 18.9 Å². The molecule has 5 heavy (non-hydrogen) atoms. The molecule has 0 aliphatic carbocycles. The minimum Gasteiger partial charge on any atom is -2.00 e. The zero-order valence-corrected chi connectivity index (χ0v) is 4.64. The molecule has 0 saturated heterocycles. The molecule has 0 aromatic rings. The van der Waals surface area contributed by atoms with Crippen molar-refractivity contribution in [3.05, 3.63) is 0 Å². The van der Waals surface area contributed by atoms with Crippen LogP contribution in [0.5, 0.6) is 0 Å². The van der Waals surface area contributed by atoms with Crippen LogP contribution in [-0.2, 0) is 37.5 Å². The molecule has 3 nitrogen and oxygen atoms in total. The van der Waals surface area contributed by atoms with Crippen molar-refractivity contribution in [2.75, 3.05) is 0 Å². The van der Waals surface area contributed by atoms with Gasteiger partial charge in [-0.3, -0.25) is 0 Å². The second kappa shape index (κ2) is 66.0. The summed E-state index contributed by atoms with van der Waals surface area (Å²) in [6.07, 6.45) is 0. The first-order valence-electron chi connectivity index (χ1n) is 0. The fourth-order valence-electron chi connectivity index (χ4n) is 0. The molecule has 0 N–H and O–H groups in total. The SMILES string of the molecule is [H-].[Li+].[Mo].[O-2].[O-2].[O-2]. The van der Waals surface area contributed by atoms with Crippen LogP contribution in [0.15, 0.2) is 0 Å². The zero-order chi connectivity index (χ0) is 0. The summed E-state index contributed by atoms with van der Waals surface area (Å²) in [5, 5.41) is 0. The Kier molecular flexibility index (Phi) is 1600. The molecule has 0 spiro atoms. The van der Waals surface area contributed by atoms with Gasteiger partial charge in [0.05, 0.1) is 0 Å². The van der Waals surface area contributed by atoms with Gasteiger partial charge >= 0.3 is 18.9 Å². The molecule has 0 rings (SSSR count). The van der Waals surface area contributed by atoms with E-state index in [1.54, 1.807) is 0 Å². The van der Waals surface area contributed by atoms with Crippen molar-refractivity contribution >= 4 is 0 Å². The van der Waals surface area contributed by atoms with E-state index in [0.717, 1.165) is 0 Å². The van der Waals surface area contributed by atoms with E-state index in [2.05, 4.69) is 0 Å². The fourth-order valence-corrected chi connectivity index (χ4v) is 0. The second-order valence-corrected chi connectivity index (χ2v) is 0. The molecule has 0 aliphatic heterocycles. The van der Waals surface area contributed by atoms with Gasteiger partial charge in [0, 0.05) is 21.1 Å². The molecule has 0 saturated carbocycles. The number of hydrogen-bond donors (Lipinski definition) is 0. The van der Waals surface area contributed by atoms with Gasteiger partial charge in [-0.2, -0.15) is 0 Å². The zero-order valence-electron chi connectivity index (χ0n) is 3.63. The summed E-state index contributed by atoms with van der Waals surface area (Å²) in [5.74, 6) is 0. The van der Waals surface area contributed by atoms with Crippen molar-refractivity contribution in [1.82, 2.24) is 0 Å². The van der Waals surface area contributed by atoms with Crippen molar-refractivity contribution in [3.63, 3.8) is 0 Å². The Morgan fingerprint density at radius 1 is 0.800 bits per heavy atom. The maximum Gasteiger partial charge on any atom is 1.00 e. The van der Waals surface area contributed by atoms with Crippen LogP contribution in [0.2, 0.25) is 0 Å². The summed E-state index contributed by atoms with van der Waals surface area (Å²) < 4.78 is 0. The van der Waals surface area contributed by atoms with Crippen molar-refractivity contribution in [1.29, 1.82) is 0 Å². The van der Waals surface area contributed by atoms with Crippen LogP contribution >= 0.6 is 0 Å². The van der Waals surface area contributed by atoms with Crippen LogP contribution in [0, 0.1) is 0 Å². The van der Waals surface area contributed by atoms with Gasteiger partial charge in [-0.25, -0.2) is 0 Å². The first kappa shape index (κ1) is 121. The molecule has 0 atom stereocenters. The molecule has 0 radical (unpaired) electrons. The first-order valence-corrected chi connectivity index (χ1v) is 0. The molecule has 0 aromatic heterocycles. The van der Waals surface area contributed by atoms with E-state index >= 15 is 0 Å². The Bertz CT molecular complexity index is 10.8. The first-order chi connectivity index (χ1) is 0. The van der Waals surface area contributed by atoms with Gasteiger partial charge in [-0.05, 0) is 0 Å². The smallest absolute Gasteiger partial charge is 1.00 e. The van der Waals surface area contributed by atoms with Crippen LogP contribution in [0.1, 0.15) is 1.43 Å². The summed E-state index contributed by atoms with van der Waals surface area (Å²) >= 11 is 0. The van der Waals surface area contributed by atoms with Crippen molar-refractivity contribution < 1.29 is 57.8 Å². The van der Waals surface area contributed by atoms with E-state index in [9.17, 15) is 0 Å². The van der Waals surface area contributed by atoms with E-state index in [4.69, 9.17) is 0 Å². The van der Waals surface area contributed by atoms with Gasteiger partial charge in [0.2, 0.25) is 0 Å². The Hall–Kier alpha value is 1.17. The van der Waals surface area contributed by atoms with Gasteiger partial charge in [-0.15, -0.1) is 0 Å². The topological polar surface area (TPSA) is 85.5 Å². The predicted molar refractivity (Wildman–Crippen MR) is 3.17 cm³/mol. The van der Waals surface area contributed by atoms with Gasteiger partial charge in [-0.1, -0.05) is 0 Å². The summed E-state index contributed by atoms with van der Waals surface area (Å²) in [6, 6.07) is 0. The third kappa shape index (κ3) is 38.1. The summed E-state index contributed by atoms with van der Waals surface area (Å²) in [4.78, 5) is 0.